The van der Waals surface area contributed by atoms with Crippen molar-refractivity contribution in [2.45, 2.75) is 45.8 Å². The van der Waals surface area contributed by atoms with Crippen molar-refractivity contribution in [3.8, 4) is 0 Å². The zero-order chi connectivity index (χ0) is 9.56. The Morgan fingerprint density at radius 3 is 2.33 bits per heavy atom. The Labute approximate surface area is 81.8 Å². The van der Waals surface area contributed by atoms with Crippen molar-refractivity contribution in [2.75, 3.05) is 5.75 Å². The third-order valence-electron chi connectivity index (χ3n) is 1.88. The topological polar surface area (TPSA) is 0 Å². The Balaban J connectivity index is 3.60. The molecule has 0 spiro atoms. The Morgan fingerprint density at radius 1 is 1.42 bits per heavy atom. The maximum atomic E-state index is 3.96. The van der Waals surface area contributed by atoms with Crippen molar-refractivity contribution in [2.24, 2.45) is 5.92 Å². The lowest BCUT2D eigenvalue weighted by Crippen LogP contribution is -2.05. The Bertz CT molecular complexity index is 127. The summed E-state index contributed by atoms with van der Waals surface area (Å²) in [5.74, 6) is 2.14. The van der Waals surface area contributed by atoms with Crippen LogP contribution in [-0.2, 0) is 0 Å². The maximum absolute atomic E-state index is 3.96. The van der Waals surface area contributed by atoms with E-state index in [1.165, 1.54) is 24.2 Å². The van der Waals surface area contributed by atoms with Crippen molar-refractivity contribution in [3.63, 3.8) is 0 Å². The molecule has 12 heavy (non-hydrogen) atoms. The summed E-state index contributed by atoms with van der Waals surface area (Å²) in [4.78, 5) is 0. The highest BCUT2D eigenvalue weighted by atomic mass is 32.2. The predicted octanol–water partition coefficient (Wildman–Crippen LogP) is 4.12. The number of allylic oxidation sites excluding steroid dienone is 1. The van der Waals surface area contributed by atoms with Gasteiger partial charge in [0.25, 0.3) is 0 Å². The molecule has 0 fully saturated rings. The predicted molar refractivity (Wildman–Crippen MR) is 60.8 cm³/mol. The number of rotatable bonds is 6. The SMILES string of the molecule is C=C(C)CC(CC)CSC(C)C. The molecule has 0 saturated heterocycles. The van der Waals surface area contributed by atoms with Gasteiger partial charge >= 0.3 is 0 Å². The van der Waals surface area contributed by atoms with Gasteiger partial charge in [0.15, 0.2) is 0 Å². The van der Waals surface area contributed by atoms with Gasteiger partial charge in [-0.1, -0.05) is 32.8 Å². The van der Waals surface area contributed by atoms with Crippen LogP contribution in [0.5, 0.6) is 0 Å². The Hall–Kier alpha value is 0.0900. The summed E-state index contributed by atoms with van der Waals surface area (Å²) in [6, 6.07) is 0. The van der Waals surface area contributed by atoms with Crippen LogP contribution in [0.3, 0.4) is 0 Å². The highest BCUT2D eigenvalue weighted by Crippen LogP contribution is 2.21. The second kappa shape index (κ2) is 6.59. The summed E-state index contributed by atoms with van der Waals surface area (Å²) in [5, 5.41) is 0.768. The third kappa shape index (κ3) is 6.78. The molecule has 0 N–H and O–H groups in total. The molecule has 0 radical (unpaired) electrons. The van der Waals surface area contributed by atoms with E-state index >= 15 is 0 Å². The van der Waals surface area contributed by atoms with Crippen molar-refractivity contribution in [3.05, 3.63) is 12.2 Å². The summed E-state index contributed by atoms with van der Waals surface area (Å²) in [7, 11) is 0. The minimum absolute atomic E-state index is 0.768. The van der Waals surface area contributed by atoms with Crippen LogP contribution >= 0.6 is 11.8 Å². The largest absolute Gasteiger partial charge is 0.159 e. The summed E-state index contributed by atoms with van der Waals surface area (Å²) < 4.78 is 0. The molecule has 1 heteroatoms. The molecule has 0 rings (SSSR count). The van der Waals surface area contributed by atoms with Gasteiger partial charge in [0, 0.05) is 0 Å². The minimum atomic E-state index is 0.768. The van der Waals surface area contributed by atoms with Crippen molar-refractivity contribution >= 4 is 11.8 Å². The van der Waals surface area contributed by atoms with E-state index in [4.69, 9.17) is 0 Å². The molecular weight excluding hydrogens is 164 g/mol. The molecule has 0 bridgehead atoms. The molecule has 0 aromatic heterocycles. The molecule has 0 saturated carbocycles. The van der Waals surface area contributed by atoms with E-state index in [9.17, 15) is 0 Å². The first-order chi connectivity index (χ1) is 5.56. The quantitative estimate of drug-likeness (QED) is 0.562. The van der Waals surface area contributed by atoms with Gasteiger partial charge in [0.1, 0.15) is 0 Å². The molecule has 0 aliphatic rings. The molecule has 0 aromatic carbocycles. The average molecular weight is 186 g/mol. The van der Waals surface area contributed by atoms with Crippen molar-refractivity contribution in [1.82, 2.24) is 0 Å². The van der Waals surface area contributed by atoms with Gasteiger partial charge in [-0.2, -0.15) is 11.8 Å². The van der Waals surface area contributed by atoms with Crippen LogP contribution in [-0.4, -0.2) is 11.0 Å². The maximum Gasteiger partial charge on any atom is -0.000958 e. The Morgan fingerprint density at radius 2 is 2.00 bits per heavy atom. The fourth-order valence-electron chi connectivity index (χ4n) is 1.14. The highest BCUT2D eigenvalue weighted by Gasteiger charge is 2.07. The molecule has 0 aliphatic heterocycles. The average Bonchev–Trinajstić information content (AvgIpc) is 1.97. The van der Waals surface area contributed by atoms with Crippen LogP contribution in [0, 0.1) is 5.92 Å². The molecule has 72 valence electrons. The normalized spacial score (nSPS) is 13.4. The van der Waals surface area contributed by atoms with Crippen LogP contribution in [0.25, 0.3) is 0 Å². The lowest BCUT2D eigenvalue weighted by molar-refractivity contribution is 0.567. The first-order valence-electron chi connectivity index (χ1n) is 4.82. The molecule has 0 nitrogen and oxygen atoms in total. The molecule has 0 heterocycles. The number of hydrogen-bond donors (Lipinski definition) is 0. The van der Waals surface area contributed by atoms with Crippen LogP contribution in [0.2, 0.25) is 0 Å². The summed E-state index contributed by atoms with van der Waals surface area (Å²) in [5.41, 5.74) is 1.33. The van der Waals surface area contributed by atoms with E-state index in [1.54, 1.807) is 0 Å². The van der Waals surface area contributed by atoms with Gasteiger partial charge in [-0.05, 0) is 30.3 Å². The fourth-order valence-corrected chi connectivity index (χ4v) is 2.15. The molecule has 0 aromatic rings. The van der Waals surface area contributed by atoms with Gasteiger partial charge in [0.2, 0.25) is 0 Å². The number of hydrogen-bond acceptors (Lipinski definition) is 1. The van der Waals surface area contributed by atoms with E-state index in [1.807, 2.05) is 0 Å². The van der Waals surface area contributed by atoms with E-state index in [-0.39, 0.29) is 0 Å². The van der Waals surface area contributed by atoms with Crippen LogP contribution in [0.15, 0.2) is 12.2 Å². The zero-order valence-electron chi connectivity index (χ0n) is 8.89. The van der Waals surface area contributed by atoms with Gasteiger partial charge in [-0.25, -0.2) is 0 Å². The monoisotopic (exact) mass is 186 g/mol. The summed E-state index contributed by atoms with van der Waals surface area (Å²) >= 11 is 2.06. The molecule has 0 amide bonds. The van der Waals surface area contributed by atoms with E-state index in [0.29, 0.717) is 0 Å². The van der Waals surface area contributed by atoms with Gasteiger partial charge in [-0.15, -0.1) is 6.58 Å². The minimum Gasteiger partial charge on any atom is -0.159 e. The number of thioether (sulfide) groups is 1. The fraction of sp³-hybridized carbons (Fsp3) is 0.818. The third-order valence-corrected chi connectivity index (χ3v) is 3.21. The van der Waals surface area contributed by atoms with Gasteiger partial charge < -0.3 is 0 Å². The first-order valence-corrected chi connectivity index (χ1v) is 5.87. The Kier molecular flexibility index (Phi) is 6.64. The summed E-state index contributed by atoms with van der Waals surface area (Å²) in [6.45, 7) is 12.9. The van der Waals surface area contributed by atoms with Crippen LogP contribution < -0.4 is 0 Å². The van der Waals surface area contributed by atoms with Crippen LogP contribution in [0.1, 0.15) is 40.5 Å². The second-order valence-electron chi connectivity index (χ2n) is 3.82. The van der Waals surface area contributed by atoms with Crippen molar-refractivity contribution in [1.29, 1.82) is 0 Å². The van der Waals surface area contributed by atoms with E-state index in [0.717, 1.165) is 11.2 Å². The molecule has 1 atom stereocenters. The van der Waals surface area contributed by atoms with Crippen LogP contribution in [0.4, 0.5) is 0 Å². The summed E-state index contributed by atoms with van der Waals surface area (Å²) in [6.07, 6.45) is 2.49. The molecule has 1 unspecified atom stereocenters. The van der Waals surface area contributed by atoms with E-state index in [2.05, 4.69) is 46.0 Å². The lowest BCUT2D eigenvalue weighted by atomic mass is 10.0. The van der Waals surface area contributed by atoms with Gasteiger partial charge in [-0.3, -0.25) is 0 Å². The van der Waals surface area contributed by atoms with Gasteiger partial charge in [0.05, 0.1) is 0 Å². The van der Waals surface area contributed by atoms with E-state index < -0.39 is 0 Å². The molecule has 0 aliphatic carbocycles. The molecular formula is C11H22S. The first kappa shape index (κ1) is 12.1. The smallest absolute Gasteiger partial charge is 0.000958 e. The zero-order valence-corrected chi connectivity index (χ0v) is 9.71. The van der Waals surface area contributed by atoms with Crippen molar-refractivity contribution < 1.29 is 0 Å². The standard InChI is InChI=1S/C11H22S/c1-6-11(7-9(2)3)8-12-10(4)5/h10-11H,2,6-8H2,1,3-5H3. The highest BCUT2D eigenvalue weighted by molar-refractivity contribution is 7.99. The second-order valence-corrected chi connectivity index (χ2v) is 5.43. The lowest BCUT2D eigenvalue weighted by Gasteiger charge is -2.15.